The third kappa shape index (κ3) is 7.79. The molecule has 8 nitrogen and oxygen atoms in total. The molecule has 2 saturated heterocycles. The third-order valence-electron chi connectivity index (χ3n) is 6.48. The Labute approximate surface area is 246 Å². The van der Waals surface area contributed by atoms with E-state index in [1.54, 1.807) is 34.1 Å². The Morgan fingerprint density at radius 3 is 1.38 bits per heavy atom. The van der Waals surface area contributed by atoms with Crippen molar-refractivity contribution in [3.05, 3.63) is 71.3 Å². The van der Waals surface area contributed by atoms with Crippen LogP contribution in [0.5, 0.6) is 0 Å². The summed E-state index contributed by atoms with van der Waals surface area (Å²) in [5, 5.41) is 18.0. The van der Waals surface area contributed by atoms with Crippen molar-refractivity contribution in [3.8, 4) is 0 Å². The number of hydrogen-bond acceptors (Lipinski definition) is 10. The normalized spacial score (nSPS) is 23.4. The quantitative estimate of drug-likeness (QED) is 0.350. The third-order valence-corrected chi connectivity index (χ3v) is 11.4. The zero-order valence-electron chi connectivity index (χ0n) is 21.0. The molecule has 0 spiro atoms. The maximum Gasteiger partial charge on any atom is 0.321 e. The Balaban J connectivity index is 1.28. The number of carbonyl (C=O) groups excluding carboxylic acids is 2. The maximum atomic E-state index is 13.4. The molecule has 214 valence electrons. The summed E-state index contributed by atoms with van der Waals surface area (Å²) in [6, 6.07) is 10.1. The van der Waals surface area contributed by atoms with Gasteiger partial charge in [0, 0.05) is 37.4 Å². The lowest BCUT2D eigenvalue weighted by Gasteiger charge is -2.27. The van der Waals surface area contributed by atoms with E-state index in [2.05, 4.69) is 0 Å². The second-order valence-corrected chi connectivity index (χ2v) is 13.5. The van der Waals surface area contributed by atoms with E-state index in [0.29, 0.717) is 11.5 Å². The van der Waals surface area contributed by atoms with Crippen LogP contribution < -0.4 is 0 Å². The first-order valence-electron chi connectivity index (χ1n) is 12.3. The summed E-state index contributed by atoms with van der Waals surface area (Å²) < 4.78 is 26.7. The van der Waals surface area contributed by atoms with Crippen molar-refractivity contribution >= 4 is 67.3 Å². The van der Waals surface area contributed by atoms with Gasteiger partial charge in [-0.3, -0.25) is 29.0 Å². The lowest BCUT2D eigenvalue weighted by Crippen LogP contribution is -2.40. The molecule has 2 aliphatic heterocycles. The number of halogens is 2. The van der Waals surface area contributed by atoms with Gasteiger partial charge in [-0.15, -0.1) is 23.5 Å². The topological polar surface area (TPSA) is 115 Å². The summed E-state index contributed by atoms with van der Waals surface area (Å²) in [5.41, 5.74) is 1.50. The Morgan fingerprint density at radius 2 is 1.05 bits per heavy atom. The summed E-state index contributed by atoms with van der Waals surface area (Å²) in [6.45, 7) is 0.328. The summed E-state index contributed by atoms with van der Waals surface area (Å²) in [7, 11) is 1.56. The van der Waals surface area contributed by atoms with Crippen molar-refractivity contribution in [2.45, 2.75) is 35.7 Å². The zero-order chi connectivity index (χ0) is 28.8. The Kier molecular flexibility index (Phi) is 10.9. The van der Waals surface area contributed by atoms with E-state index >= 15 is 0 Å². The van der Waals surface area contributed by atoms with E-state index in [1.165, 1.54) is 47.8 Å². The first kappa shape index (κ1) is 30.8. The first-order valence-corrected chi connectivity index (χ1v) is 16.5. The van der Waals surface area contributed by atoms with Gasteiger partial charge in [-0.1, -0.05) is 24.3 Å². The van der Waals surface area contributed by atoms with Gasteiger partial charge in [-0.2, -0.15) is 0 Å². The molecule has 0 aliphatic carbocycles. The van der Waals surface area contributed by atoms with Crippen LogP contribution in [-0.4, -0.2) is 78.9 Å². The lowest BCUT2D eigenvalue weighted by atomic mass is 10.1. The van der Waals surface area contributed by atoms with Gasteiger partial charge in [-0.25, -0.2) is 8.78 Å². The SMILES string of the molecule is O=C(CCN1C(C(=O)O)CSC1c1ccc(F)cc1)SSC(=O)CCN1C(C(=O)O)CSC1c1ccc(F)cc1. The average molecular weight is 629 g/mol. The number of hydrogen-bond donors (Lipinski definition) is 2. The number of carboxylic acid groups (broad SMARTS) is 2. The van der Waals surface area contributed by atoms with Crippen molar-refractivity contribution in [2.24, 2.45) is 0 Å². The predicted octanol–water partition coefficient (Wildman–Crippen LogP) is 4.88. The molecule has 2 aromatic carbocycles. The van der Waals surface area contributed by atoms with E-state index in [-0.39, 0.29) is 46.9 Å². The highest BCUT2D eigenvalue weighted by atomic mass is 33.1. The number of carboxylic acids is 2. The number of thioether (sulfide) groups is 2. The molecule has 2 aromatic rings. The fourth-order valence-corrected chi connectivity index (χ4v) is 9.07. The van der Waals surface area contributed by atoms with Crippen LogP contribution in [0.25, 0.3) is 0 Å². The van der Waals surface area contributed by atoms with Crippen LogP contribution in [0.4, 0.5) is 8.78 Å². The van der Waals surface area contributed by atoms with Crippen molar-refractivity contribution in [2.75, 3.05) is 24.6 Å². The Morgan fingerprint density at radius 1 is 0.700 bits per heavy atom. The predicted molar refractivity (Wildman–Crippen MR) is 154 cm³/mol. The van der Waals surface area contributed by atoms with E-state index in [0.717, 1.165) is 32.7 Å². The van der Waals surface area contributed by atoms with Crippen LogP contribution >= 0.6 is 45.1 Å². The molecule has 4 unspecified atom stereocenters. The van der Waals surface area contributed by atoms with Crippen LogP contribution in [0.3, 0.4) is 0 Å². The van der Waals surface area contributed by atoms with E-state index < -0.39 is 35.7 Å². The van der Waals surface area contributed by atoms with Gasteiger partial charge in [0.05, 0.1) is 10.7 Å². The van der Waals surface area contributed by atoms with Gasteiger partial charge in [0.15, 0.2) is 0 Å². The highest BCUT2D eigenvalue weighted by Gasteiger charge is 2.40. The molecule has 0 aromatic heterocycles. The van der Waals surface area contributed by atoms with Crippen LogP contribution in [0.2, 0.25) is 0 Å². The van der Waals surface area contributed by atoms with Crippen molar-refractivity contribution in [1.29, 1.82) is 0 Å². The molecule has 2 heterocycles. The molecule has 4 rings (SSSR count). The zero-order valence-corrected chi connectivity index (χ0v) is 24.2. The molecule has 2 aliphatic rings. The van der Waals surface area contributed by atoms with Crippen molar-refractivity contribution in [3.63, 3.8) is 0 Å². The van der Waals surface area contributed by atoms with Crippen molar-refractivity contribution in [1.82, 2.24) is 9.80 Å². The highest BCUT2D eigenvalue weighted by molar-refractivity contribution is 8.87. The number of rotatable bonds is 10. The van der Waals surface area contributed by atoms with E-state index in [4.69, 9.17) is 0 Å². The van der Waals surface area contributed by atoms with Gasteiger partial charge in [0.1, 0.15) is 23.7 Å². The smallest absolute Gasteiger partial charge is 0.321 e. The summed E-state index contributed by atoms with van der Waals surface area (Å²) in [6.07, 6.45) is 0.0347. The molecular formula is C26H26F2N2O6S4. The molecule has 40 heavy (non-hydrogen) atoms. The molecule has 14 heteroatoms. The minimum atomic E-state index is -1.000. The number of benzene rings is 2. The highest BCUT2D eigenvalue weighted by Crippen LogP contribution is 2.43. The standard InChI is InChI=1S/C26H26F2N2O6S4/c27-17-5-1-15(2-6-17)23-29(19(13-37-23)25(33)34)11-9-21(31)39-40-22(32)10-12-30-20(26(35)36)14-38-24(30)16-3-7-18(28)8-4-16/h1-8,19-20,23-24H,9-14H2,(H,33,34)(H,35,36). The number of nitrogens with zero attached hydrogens (tertiary/aromatic N) is 2. The first-order chi connectivity index (χ1) is 19.1. The van der Waals surface area contributed by atoms with Crippen LogP contribution in [0.15, 0.2) is 48.5 Å². The molecule has 2 N–H and O–H groups in total. The lowest BCUT2D eigenvalue weighted by molar-refractivity contribution is -0.143. The molecule has 0 bridgehead atoms. The van der Waals surface area contributed by atoms with E-state index in [9.17, 15) is 38.2 Å². The van der Waals surface area contributed by atoms with E-state index in [1.807, 2.05) is 0 Å². The second kappa shape index (κ2) is 14.2. The molecule has 0 saturated carbocycles. The Bertz CT molecular complexity index is 1140. The van der Waals surface area contributed by atoms with Gasteiger partial charge >= 0.3 is 11.9 Å². The summed E-state index contributed by atoms with van der Waals surface area (Å²) >= 11 is 2.83. The molecule has 0 amide bonds. The Hall–Kier alpha value is -2.10. The molecular weight excluding hydrogens is 603 g/mol. The van der Waals surface area contributed by atoms with Gasteiger partial charge in [0.2, 0.25) is 10.2 Å². The van der Waals surface area contributed by atoms with Crippen LogP contribution in [0.1, 0.15) is 34.7 Å². The average Bonchev–Trinajstić information content (AvgIpc) is 3.55. The molecule has 0 radical (unpaired) electrons. The van der Waals surface area contributed by atoms with Crippen LogP contribution in [-0.2, 0) is 19.2 Å². The summed E-state index contributed by atoms with van der Waals surface area (Å²) in [5.74, 6) is -2.13. The fourth-order valence-electron chi connectivity index (χ4n) is 4.49. The minimum Gasteiger partial charge on any atom is -0.480 e. The summed E-state index contributed by atoms with van der Waals surface area (Å²) in [4.78, 5) is 52.1. The van der Waals surface area contributed by atoms with Gasteiger partial charge in [0.25, 0.3) is 0 Å². The van der Waals surface area contributed by atoms with Crippen LogP contribution in [0, 0.1) is 11.6 Å². The van der Waals surface area contributed by atoms with Gasteiger partial charge < -0.3 is 10.2 Å². The molecule has 2 fully saturated rings. The monoisotopic (exact) mass is 628 g/mol. The largest absolute Gasteiger partial charge is 0.480 e. The maximum absolute atomic E-state index is 13.4. The molecule has 4 atom stereocenters. The number of aliphatic carboxylic acids is 2. The minimum absolute atomic E-state index is 0.0173. The van der Waals surface area contributed by atoms with Crippen molar-refractivity contribution < 1.29 is 38.2 Å². The fraction of sp³-hybridized carbons (Fsp3) is 0.385. The number of carbonyl (C=O) groups is 4. The second-order valence-electron chi connectivity index (χ2n) is 9.07. The van der Waals surface area contributed by atoms with Gasteiger partial charge in [-0.05, 0) is 57.0 Å².